The molecule has 4 rings (SSSR count). The standard InChI is InChI=1S/C32H37ClN2O4S/c1-23-8-18-29(19-9-23)40(38,39)22-26-12-16-28(17-13-26)34-32(37)35-30(20-25-10-14-27(33)15-11-25)31(36)21-24-6-4-2-3-5-7-24/h8-19,24,30H,2-7,20-22H2,1H3,(H2,34,35,37)/t30-/m1/s1. The molecule has 6 nitrogen and oxygen atoms in total. The molecule has 2 amide bonds. The zero-order chi connectivity index (χ0) is 28.5. The Morgan fingerprint density at radius 2 is 1.45 bits per heavy atom. The third kappa shape index (κ3) is 8.93. The number of benzene rings is 3. The Hall–Kier alpha value is -3.16. The quantitative estimate of drug-likeness (QED) is 0.246. The van der Waals surface area contributed by atoms with E-state index in [0.717, 1.165) is 36.8 Å². The van der Waals surface area contributed by atoms with Crippen molar-refractivity contribution in [1.29, 1.82) is 0 Å². The highest BCUT2D eigenvalue weighted by Crippen LogP contribution is 2.26. The van der Waals surface area contributed by atoms with Gasteiger partial charge in [-0.05, 0) is 66.8 Å². The fourth-order valence-electron chi connectivity index (χ4n) is 5.15. The molecule has 0 radical (unpaired) electrons. The predicted molar refractivity (Wildman–Crippen MR) is 160 cm³/mol. The molecule has 1 aliphatic rings. The first kappa shape index (κ1) is 29.8. The molecular weight excluding hydrogens is 544 g/mol. The molecule has 1 aliphatic carbocycles. The van der Waals surface area contributed by atoms with E-state index in [4.69, 9.17) is 11.6 Å². The summed E-state index contributed by atoms with van der Waals surface area (Å²) in [6.45, 7) is 1.91. The van der Waals surface area contributed by atoms with Crippen molar-refractivity contribution in [2.75, 3.05) is 5.32 Å². The lowest BCUT2D eigenvalue weighted by atomic mass is 9.90. The van der Waals surface area contributed by atoms with Gasteiger partial charge in [0, 0.05) is 17.1 Å². The number of halogens is 1. The molecule has 0 aromatic heterocycles. The van der Waals surface area contributed by atoms with Crippen LogP contribution < -0.4 is 10.6 Å². The SMILES string of the molecule is Cc1ccc(S(=O)(=O)Cc2ccc(NC(=O)N[C@H](Cc3ccc(Cl)cc3)C(=O)CC3CCCCCC3)cc2)cc1. The van der Waals surface area contributed by atoms with Gasteiger partial charge in [0.25, 0.3) is 0 Å². The first-order valence-electron chi connectivity index (χ1n) is 13.9. The van der Waals surface area contributed by atoms with Gasteiger partial charge >= 0.3 is 6.03 Å². The third-order valence-electron chi connectivity index (χ3n) is 7.46. The van der Waals surface area contributed by atoms with Crippen LogP contribution in [-0.4, -0.2) is 26.3 Å². The van der Waals surface area contributed by atoms with Gasteiger partial charge in [-0.15, -0.1) is 0 Å². The summed E-state index contributed by atoms with van der Waals surface area (Å²) in [6, 6.07) is 19.7. The Balaban J connectivity index is 1.39. The van der Waals surface area contributed by atoms with Crippen molar-refractivity contribution < 1.29 is 18.0 Å². The number of rotatable bonds is 10. The van der Waals surface area contributed by atoms with Gasteiger partial charge in [0.1, 0.15) is 0 Å². The van der Waals surface area contributed by atoms with Crippen LogP contribution in [-0.2, 0) is 26.8 Å². The normalized spacial score (nSPS) is 15.2. The molecule has 0 aliphatic heterocycles. The van der Waals surface area contributed by atoms with Crippen LogP contribution in [0.25, 0.3) is 0 Å². The van der Waals surface area contributed by atoms with Gasteiger partial charge in [-0.2, -0.15) is 0 Å². The number of Topliss-reactive ketones (excluding diaryl/α,β-unsaturated/α-hetero) is 1. The summed E-state index contributed by atoms with van der Waals surface area (Å²) in [5, 5.41) is 6.29. The first-order valence-corrected chi connectivity index (χ1v) is 15.9. The molecule has 0 unspecified atom stereocenters. The number of carbonyl (C=O) groups is 2. The van der Waals surface area contributed by atoms with Crippen LogP contribution in [0.1, 0.15) is 61.6 Å². The molecule has 1 saturated carbocycles. The van der Waals surface area contributed by atoms with Gasteiger partial charge < -0.3 is 10.6 Å². The summed E-state index contributed by atoms with van der Waals surface area (Å²) in [7, 11) is -3.48. The van der Waals surface area contributed by atoms with E-state index in [1.54, 1.807) is 60.7 Å². The lowest BCUT2D eigenvalue weighted by Gasteiger charge is -2.21. The average molecular weight is 581 g/mol. The number of urea groups is 1. The number of hydrogen-bond donors (Lipinski definition) is 2. The highest BCUT2D eigenvalue weighted by atomic mass is 35.5. The highest BCUT2D eigenvalue weighted by Gasteiger charge is 2.25. The van der Waals surface area contributed by atoms with E-state index < -0.39 is 21.9 Å². The summed E-state index contributed by atoms with van der Waals surface area (Å²) >= 11 is 6.03. The van der Waals surface area contributed by atoms with Gasteiger partial charge in [0.2, 0.25) is 0 Å². The Morgan fingerprint density at radius 1 is 0.850 bits per heavy atom. The van der Waals surface area contributed by atoms with Crippen LogP contribution in [0.4, 0.5) is 10.5 Å². The van der Waals surface area contributed by atoms with E-state index >= 15 is 0 Å². The minimum atomic E-state index is -3.48. The number of amides is 2. The fraction of sp³-hybridized carbons (Fsp3) is 0.375. The molecule has 40 heavy (non-hydrogen) atoms. The van der Waals surface area contributed by atoms with E-state index in [0.29, 0.717) is 35.0 Å². The second-order valence-electron chi connectivity index (χ2n) is 10.8. The van der Waals surface area contributed by atoms with Crippen LogP contribution in [0.2, 0.25) is 5.02 Å². The predicted octanol–water partition coefficient (Wildman–Crippen LogP) is 7.28. The van der Waals surface area contributed by atoms with Gasteiger partial charge in [-0.25, -0.2) is 13.2 Å². The molecule has 3 aromatic carbocycles. The Kier molecular flexibility index (Phi) is 10.4. The summed E-state index contributed by atoms with van der Waals surface area (Å²) in [5.74, 6) is 0.256. The number of aryl methyl sites for hydroxylation is 1. The van der Waals surface area contributed by atoms with E-state index in [1.165, 1.54) is 12.8 Å². The molecule has 3 aromatic rings. The van der Waals surface area contributed by atoms with E-state index in [1.807, 2.05) is 19.1 Å². The lowest BCUT2D eigenvalue weighted by molar-refractivity contribution is -0.121. The van der Waals surface area contributed by atoms with E-state index in [2.05, 4.69) is 10.6 Å². The number of nitrogens with one attached hydrogen (secondary N) is 2. The zero-order valence-corrected chi connectivity index (χ0v) is 24.4. The molecular formula is C32H37ClN2O4S. The van der Waals surface area contributed by atoms with Gasteiger partial charge in [0.15, 0.2) is 15.6 Å². The Morgan fingerprint density at radius 3 is 2.08 bits per heavy atom. The minimum absolute atomic E-state index is 0.0358. The van der Waals surface area contributed by atoms with Crippen molar-refractivity contribution in [2.24, 2.45) is 5.92 Å². The summed E-state index contributed by atoms with van der Waals surface area (Å²) < 4.78 is 25.5. The van der Waals surface area contributed by atoms with Crippen LogP contribution in [0.5, 0.6) is 0 Å². The monoisotopic (exact) mass is 580 g/mol. The topological polar surface area (TPSA) is 92.3 Å². The molecule has 2 N–H and O–H groups in total. The van der Waals surface area contributed by atoms with Crippen molar-refractivity contribution in [1.82, 2.24) is 5.32 Å². The van der Waals surface area contributed by atoms with Crippen molar-refractivity contribution in [3.05, 3.63) is 94.5 Å². The number of sulfone groups is 1. The second kappa shape index (κ2) is 14.0. The number of anilines is 1. The molecule has 212 valence electrons. The number of ketones is 1. The summed E-state index contributed by atoms with van der Waals surface area (Å²) in [5.41, 5.74) is 3.04. The molecule has 0 heterocycles. The van der Waals surface area contributed by atoms with Gasteiger partial charge in [-0.1, -0.05) is 92.1 Å². The molecule has 1 atom stereocenters. The van der Waals surface area contributed by atoms with Gasteiger partial charge in [-0.3, -0.25) is 4.79 Å². The van der Waals surface area contributed by atoms with Crippen molar-refractivity contribution in [2.45, 2.75) is 75.0 Å². The average Bonchev–Trinajstić information content (AvgIpc) is 3.19. The molecule has 8 heteroatoms. The Labute approximate surface area is 242 Å². The maximum atomic E-state index is 13.4. The second-order valence-corrected chi connectivity index (χ2v) is 13.2. The summed E-state index contributed by atoms with van der Waals surface area (Å²) in [4.78, 5) is 26.6. The van der Waals surface area contributed by atoms with Crippen LogP contribution in [0.3, 0.4) is 0 Å². The van der Waals surface area contributed by atoms with Crippen molar-refractivity contribution >= 4 is 38.9 Å². The van der Waals surface area contributed by atoms with E-state index in [-0.39, 0.29) is 16.4 Å². The number of carbonyl (C=O) groups excluding carboxylic acids is 2. The van der Waals surface area contributed by atoms with Gasteiger partial charge in [0.05, 0.1) is 16.7 Å². The minimum Gasteiger partial charge on any atom is -0.328 e. The molecule has 0 spiro atoms. The lowest BCUT2D eigenvalue weighted by Crippen LogP contribution is -2.45. The maximum Gasteiger partial charge on any atom is 0.319 e. The maximum absolute atomic E-state index is 13.4. The smallest absolute Gasteiger partial charge is 0.319 e. The van der Waals surface area contributed by atoms with Crippen LogP contribution in [0, 0.1) is 12.8 Å². The van der Waals surface area contributed by atoms with E-state index in [9.17, 15) is 18.0 Å². The highest BCUT2D eigenvalue weighted by molar-refractivity contribution is 7.90. The largest absolute Gasteiger partial charge is 0.328 e. The number of hydrogen-bond acceptors (Lipinski definition) is 4. The van der Waals surface area contributed by atoms with Crippen molar-refractivity contribution in [3.8, 4) is 0 Å². The molecule has 1 fully saturated rings. The molecule has 0 saturated heterocycles. The Bertz CT molecular complexity index is 1380. The third-order valence-corrected chi connectivity index (χ3v) is 9.42. The fourth-order valence-corrected chi connectivity index (χ4v) is 6.63. The first-order chi connectivity index (χ1) is 19.2. The van der Waals surface area contributed by atoms with Crippen LogP contribution >= 0.6 is 11.6 Å². The van der Waals surface area contributed by atoms with Crippen molar-refractivity contribution in [3.63, 3.8) is 0 Å². The van der Waals surface area contributed by atoms with Crippen LogP contribution in [0.15, 0.2) is 77.7 Å². The zero-order valence-electron chi connectivity index (χ0n) is 22.9. The summed E-state index contributed by atoms with van der Waals surface area (Å²) in [6.07, 6.45) is 7.68. The molecule has 0 bridgehead atoms.